The van der Waals surface area contributed by atoms with E-state index in [4.69, 9.17) is 16.7 Å². The van der Waals surface area contributed by atoms with Crippen molar-refractivity contribution in [2.75, 3.05) is 0 Å². The van der Waals surface area contributed by atoms with Crippen molar-refractivity contribution in [3.05, 3.63) is 34.3 Å². The van der Waals surface area contributed by atoms with Gasteiger partial charge in [-0.05, 0) is 31.9 Å². The zero-order chi connectivity index (χ0) is 12.3. The Morgan fingerprint density at radius 1 is 1.50 bits per heavy atom. The summed E-state index contributed by atoms with van der Waals surface area (Å²) >= 11 is 5.85. The smallest absolute Gasteiger partial charge is 0.309 e. The number of carboxylic acid groups (broad SMARTS) is 1. The van der Waals surface area contributed by atoms with Crippen molar-refractivity contribution in [2.24, 2.45) is 5.41 Å². The van der Waals surface area contributed by atoms with E-state index in [0.717, 1.165) is 0 Å². The normalized spacial score (nSPS) is 11.5. The van der Waals surface area contributed by atoms with Crippen molar-refractivity contribution < 1.29 is 14.3 Å². The fourth-order valence-corrected chi connectivity index (χ4v) is 1.71. The Bertz CT molecular complexity index is 402. The van der Waals surface area contributed by atoms with E-state index in [1.165, 1.54) is 0 Å². The lowest BCUT2D eigenvalue weighted by atomic mass is 9.84. The van der Waals surface area contributed by atoms with Gasteiger partial charge in [-0.25, -0.2) is 4.39 Å². The van der Waals surface area contributed by atoms with Gasteiger partial charge in [-0.1, -0.05) is 23.7 Å². The van der Waals surface area contributed by atoms with Gasteiger partial charge in [0.2, 0.25) is 0 Å². The Hall–Kier alpha value is -1.09. The topological polar surface area (TPSA) is 37.3 Å². The van der Waals surface area contributed by atoms with Gasteiger partial charge in [0.15, 0.2) is 0 Å². The second kappa shape index (κ2) is 4.83. The van der Waals surface area contributed by atoms with Gasteiger partial charge in [0.1, 0.15) is 6.67 Å². The summed E-state index contributed by atoms with van der Waals surface area (Å²) in [5.41, 5.74) is 0.120. The molecular formula is C12H14ClFO2. The van der Waals surface area contributed by atoms with Crippen LogP contribution in [0.3, 0.4) is 0 Å². The number of alkyl halides is 1. The first kappa shape index (κ1) is 13.0. The van der Waals surface area contributed by atoms with Crippen LogP contribution in [0.2, 0.25) is 5.02 Å². The monoisotopic (exact) mass is 244 g/mol. The predicted octanol–water partition coefficient (Wildman–Crippen LogP) is 3.46. The van der Waals surface area contributed by atoms with Gasteiger partial charge in [0, 0.05) is 10.6 Å². The number of carboxylic acids is 1. The molecule has 0 saturated heterocycles. The highest BCUT2D eigenvalue weighted by atomic mass is 35.5. The van der Waals surface area contributed by atoms with Crippen LogP contribution in [0.1, 0.15) is 25.0 Å². The van der Waals surface area contributed by atoms with Gasteiger partial charge in [0.25, 0.3) is 0 Å². The first-order valence-electron chi connectivity index (χ1n) is 4.94. The standard InChI is InChI=1S/C12H14ClFO2/c1-12(2,11(15)16)6-8-4-3-5-10(13)9(8)7-14/h3-5H,6-7H2,1-2H3,(H,15,16). The number of benzene rings is 1. The van der Waals surface area contributed by atoms with E-state index in [1.54, 1.807) is 32.0 Å². The third kappa shape index (κ3) is 2.73. The van der Waals surface area contributed by atoms with Crippen LogP contribution in [-0.2, 0) is 17.9 Å². The summed E-state index contributed by atoms with van der Waals surface area (Å²) in [6.07, 6.45) is 0.266. The number of hydrogen-bond donors (Lipinski definition) is 1. The van der Waals surface area contributed by atoms with Gasteiger partial charge in [-0.2, -0.15) is 0 Å². The van der Waals surface area contributed by atoms with E-state index < -0.39 is 18.1 Å². The molecule has 0 aliphatic carbocycles. The minimum Gasteiger partial charge on any atom is -0.481 e. The highest BCUT2D eigenvalue weighted by Crippen LogP contribution is 2.28. The summed E-state index contributed by atoms with van der Waals surface area (Å²) < 4.78 is 12.8. The van der Waals surface area contributed by atoms with E-state index in [-0.39, 0.29) is 6.42 Å². The molecule has 88 valence electrons. The molecule has 0 amide bonds. The van der Waals surface area contributed by atoms with Crippen LogP contribution < -0.4 is 0 Å². The minimum absolute atomic E-state index is 0.266. The fraction of sp³-hybridized carbons (Fsp3) is 0.417. The van der Waals surface area contributed by atoms with Crippen LogP contribution >= 0.6 is 11.6 Å². The van der Waals surface area contributed by atoms with Crippen molar-refractivity contribution in [3.8, 4) is 0 Å². The van der Waals surface area contributed by atoms with Gasteiger partial charge in [-0.3, -0.25) is 4.79 Å². The molecule has 0 spiro atoms. The molecule has 0 atom stereocenters. The van der Waals surface area contributed by atoms with Crippen LogP contribution in [0.15, 0.2) is 18.2 Å². The van der Waals surface area contributed by atoms with Gasteiger partial charge in [-0.15, -0.1) is 0 Å². The van der Waals surface area contributed by atoms with Gasteiger partial charge < -0.3 is 5.11 Å². The molecule has 0 fully saturated rings. The quantitative estimate of drug-likeness (QED) is 0.881. The molecule has 0 heterocycles. The van der Waals surface area contributed by atoms with Crippen LogP contribution in [0.25, 0.3) is 0 Å². The second-order valence-corrected chi connectivity index (χ2v) is 4.78. The minimum atomic E-state index is -0.922. The number of hydrogen-bond acceptors (Lipinski definition) is 1. The Morgan fingerprint density at radius 3 is 2.62 bits per heavy atom. The number of rotatable bonds is 4. The summed E-state index contributed by atoms with van der Waals surface area (Å²) in [6.45, 7) is 2.54. The molecule has 1 aromatic rings. The molecule has 0 bridgehead atoms. The second-order valence-electron chi connectivity index (χ2n) is 4.38. The molecule has 0 radical (unpaired) electrons. The molecule has 2 nitrogen and oxygen atoms in total. The van der Waals surface area contributed by atoms with E-state index in [1.807, 2.05) is 0 Å². The summed E-state index contributed by atoms with van der Waals surface area (Å²) in [6, 6.07) is 5.02. The molecule has 4 heteroatoms. The molecule has 0 aliphatic heterocycles. The Kier molecular flexibility index (Phi) is 3.92. The van der Waals surface area contributed by atoms with E-state index in [2.05, 4.69) is 0 Å². The summed E-state index contributed by atoms with van der Waals surface area (Å²) in [7, 11) is 0. The van der Waals surface area contributed by atoms with Crippen LogP contribution in [0, 0.1) is 5.41 Å². The van der Waals surface area contributed by atoms with Crippen LogP contribution in [0.5, 0.6) is 0 Å². The lowest BCUT2D eigenvalue weighted by molar-refractivity contribution is -0.146. The maximum atomic E-state index is 12.8. The summed E-state index contributed by atoms with van der Waals surface area (Å²) in [5.74, 6) is -0.905. The van der Waals surface area contributed by atoms with Crippen LogP contribution in [0.4, 0.5) is 4.39 Å². The SMILES string of the molecule is CC(C)(Cc1cccc(Cl)c1CF)C(=O)O. The lowest BCUT2D eigenvalue weighted by Crippen LogP contribution is -2.26. The van der Waals surface area contributed by atoms with Gasteiger partial charge >= 0.3 is 5.97 Å². The van der Waals surface area contributed by atoms with Crippen molar-refractivity contribution in [1.29, 1.82) is 0 Å². The first-order chi connectivity index (χ1) is 7.38. The first-order valence-corrected chi connectivity index (χ1v) is 5.32. The third-order valence-electron chi connectivity index (χ3n) is 2.56. The van der Waals surface area contributed by atoms with Gasteiger partial charge in [0.05, 0.1) is 5.41 Å². The molecule has 0 saturated carbocycles. The summed E-state index contributed by atoms with van der Waals surface area (Å²) in [5, 5.41) is 9.36. The fourth-order valence-electron chi connectivity index (χ4n) is 1.47. The van der Waals surface area contributed by atoms with Crippen molar-refractivity contribution >= 4 is 17.6 Å². The molecule has 1 aromatic carbocycles. The Balaban J connectivity index is 3.06. The molecule has 16 heavy (non-hydrogen) atoms. The molecule has 0 unspecified atom stereocenters. The average molecular weight is 245 g/mol. The summed E-state index contributed by atoms with van der Waals surface area (Å²) in [4.78, 5) is 11.0. The molecule has 0 aromatic heterocycles. The van der Waals surface area contributed by atoms with E-state index in [0.29, 0.717) is 16.1 Å². The molecule has 1 N–H and O–H groups in total. The van der Waals surface area contributed by atoms with E-state index >= 15 is 0 Å². The maximum Gasteiger partial charge on any atom is 0.309 e. The van der Waals surface area contributed by atoms with Crippen molar-refractivity contribution in [2.45, 2.75) is 26.9 Å². The van der Waals surface area contributed by atoms with Crippen molar-refractivity contribution in [1.82, 2.24) is 0 Å². The van der Waals surface area contributed by atoms with E-state index in [9.17, 15) is 9.18 Å². The highest BCUT2D eigenvalue weighted by molar-refractivity contribution is 6.31. The zero-order valence-corrected chi connectivity index (χ0v) is 10.0. The highest BCUT2D eigenvalue weighted by Gasteiger charge is 2.28. The number of aliphatic carboxylic acids is 1. The third-order valence-corrected chi connectivity index (χ3v) is 2.91. The predicted molar refractivity (Wildman–Crippen MR) is 61.4 cm³/mol. The number of carbonyl (C=O) groups is 1. The maximum absolute atomic E-state index is 12.8. The lowest BCUT2D eigenvalue weighted by Gasteiger charge is -2.20. The largest absolute Gasteiger partial charge is 0.481 e. The molecule has 1 rings (SSSR count). The van der Waals surface area contributed by atoms with Crippen molar-refractivity contribution in [3.63, 3.8) is 0 Å². The average Bonchev–Trinajstić information content (AvgIpc) is 2.17. The Labute approximate surface area is 99.0 Å². The zero-order valence-electron chi connectivity index (χ0n) is 9.26. The molecule has 0 aliphatic rings. The van der Waals surface area contributed by atoms with Crippen LogP contribution in [-0.4, -0.2) is 11.1 Å². The molecular weight excluding hydrogens is 231 g/mol. The number of halogens is 2. The Morgan fingerprint density at radius 2 is 2.12 bits per heavy atom.